The maximum atomic E-state index is 13.5. The van der Waals surface area contributed by atoms with Crippen molar-refractivity contribution in [1.82, 2.24) is 19.7 Å². The van der Waals surface area contributed by atoms with Gasteiger partial charge in [-0.2, -0.15) is 0 Å². The van der Waals surface area contributed by atoms with Gasteiger partial charge in [-0.05, 0) is 55.9 Å². The number of nitrogens with zero attached hydrogens (tertiary/aromatic N) is 4. The third-order valence-electron chi connectivity index (χ3n) is 7.31. The zero-order chi connectivity index (χ0) is 25.3. The molecular weight excluding hydrogens is 452 g/mol. The fourth-order valence-electron chi connectivity index (χ4n) is 5.25. The number of amides is 2. The molecule has 2 amide bonds. The van der Waals surface area contributed by atoms with Crippen LogP contribution in [0.2, 0.25) is 0 Å². The highest BCUT2D eigenvalue weighted by molar-refractivity contribution is 5.79. The number of rotatable bonds is 6. The summed E-state index contributed by atoms with van der Waals surface area (Å²) in [4.78, 5) is 36.6. The first-order valence-electron chi connectivity index (χ1n) is 13.1. The average molecular weight is 491 g/mol. The minimum absolute atomic E-state index is 0.133. The predicted octanol–water partition coefficient (Wildman–Crippen LogP) is 3.76. The summed E-state index contributed by atoms with van der Waals surface area (Å²) in [6.45, 7) is 8.89. The Morgan fingerprint density at radius 3 is 2.67 bits per heavy atom. The Labute approximate surface area is 214 Å². The van der Waals surface area contributed by atoms with Gasteiger partial charge in [-0.15, -0.1) is 0 Å². The molecule has 0 aliphatic carbocycles. The summed E-state index contributed by atoms with van der Waals surface area (Å²) in [6.07, 6.45) is 9.15. The van der Waals surface area contributed by atoms with Crippen LogP contribution in [-0.2, 0) is 22.7 Å². The molecule has 2 bridgehead atoms. The highest BCUT2D eigenvalue weighted by Gasteiger charge is 2.32. The van der Waals surface area contributed by atoms with Crippen LogP contribution < -0.4 is 4.74 Å². The molecule has 0 radical (unpaired) electrons. The first kappa shape index (κ1) is 25.9. The van der Waals surface area contributed by atoms with Crippen LogP contribution >= 0.6 is 0 Å². The molecule has 1 aromatic heterocycles. The number of pyridine rings is 1. The van der Waals surface area contributed by atoms with E-state index in [2.05, 4.69) is 28.1 Å². The van der Waals surface area contributed by atoms with E-state index in [1.54, 1.807) is 12.4 Å². The fraction of sp³-hybridized carbons (Fsp3) is 0.483. The topological polar surface area (TPSA) is 66.0 Å². The molecule has 1 aromatic carbocycles. The molecule has 0 N–H and O–H groups in total. The number of hydrogen-bond donors (Lipinski definition) is 0. The number of para-hydroxylation sites is 1. The fourth-order valence-corrected chi connectivity index (χ4v) is 5.25. The summed E-state index contributed by atoms with van der Waals surface area (Å²) in [5, 5.41) is 0. The van der Waals surface area contributed by atoms with Gasteiger partial charge in [0.15, 0.2) is 0 Å². The van der Waals surface area contributed by atoms with Gasteiger partial charge in [0, 0.05) is 63.6 Å². The van der Waals surface area contributed by atoms with Gasteiger partial charge in [0.2, 0.25) is 11.8 Å². The first-order valence-corrected chi connectivity index (χ1v) is 13.1. The van der Waals surface area contributed by atoms with E-state index in [9.17, 15) is 9.59 Å². The summed E-state index contributed by atoms with van der Waals surface area (Å²) in [6, 6.07) is 12.0. The zero-order valence-corrected chi connectivity index (χ0v) is 21.5. The second-order valence-electron chi connectivity index (χ2n) is 9.67. The summed E-state index contributed by atoms with van der Waals surface area (Å²) in [5.74, 6) is 1.53. The second kappa shape index (κ2) is 12.7. The van der Waals surface area contributed by atoms with Gasteiger partial charge in [0.05, 0.1) is 6.54 Å². The van der Waals surface area contributed by atoms with E-state index in [1.807, 2.05) is 54.0 Å². The molecule has 2 aliphatic heterocycles. The lowest BCUT2D eigenvalue weighted by Gasteiger charge is -2.38. The van der Waals surface area contributed by atoms with E-state index in [-0.39, 0.29) is 23.7 Å². The standard InChI is InChI=1S/C29H38N4O3/c1-3-32(4-2)28(34)18-24-13-16-33-21-25(24)9-7-17-36-27-10-6-5-8-26(27)20-31(22-29(33)35)19-23-11-14-30-15-12-23/h5-12,14-15,24-25H,3-4,13,16-22H2,1-2H3/b9-7-/t24-,25-/m0/s1. The van der Waals surface area contributed by atoms with E-state index in [0.29, 0.717) is 45.8 Å². The lowest BCUT2D eigenvalue weighted by atomic mass is 9.82. The molecule has 7 heteroatoms. The molecule has 7 nitrogen and oxygen atoms in total. The third kappa shape index (κ3) is 6.72. The van der Waals surface area contributed by atoms with E-state index in [4.69, 9.17) is 4.74 Å². The number of carbonyl (C=O) groups excluding carboxylic acids is 2. The molecule has 0 saturated carbocycles. The molecule has 4 rings (SSSR count). The molecule has 1 fully saturated rings. The molecule has 0 unspecified atom stereocenters. The van der Waals surface area contributed by atoms with Crippen LogP contribution in [0.3, 0.4) is 0 Å². The number of piperidine rings is 1. The minimum atomic E-state index is 0.133. The number of benzene rings is 1. The Hall–Kier alpha value is -3.19. The van der Waals surface area contributed by atoms with Gasteiger partial charge in [-0.1, -0.05) is 30.4 Å². The van der Waals surface area contributed by atoms with Crippen LogP contribution in [0.15, 0.2) is 60.9 Å². The normalized spacial score (nSPS) is 21.8. The Kier molecular flexibility index (Phi) is 9.11. The number of ether oxygens (including phenoxy) is 1. The molecule has 2 aromatic rings. The lowest BCUT2D eigenvalue weighted by Crippen LogP contribution is -2.48. The van der Waals surface area contributed by atoms with Crippen LogP contribution in [0, 0.1) is 11.8 Å². The van der Waals surface area contributed by atoms with Gasteiger partial charge in [-0.3, -0.25) is 19.5 Å². The number of fused-ring (bicyclic) bond motifs is 3. The van der Waals surface area contributed by atoms with Crippen molar-refractivity contribution < 1.29 is 14.3 Å². The predicted molar refractivity (Wildman–Crippen MR) is 140 cm³/mol. The third-order valence-corrected chi connectivity index (χ3v) is 7.31. The van der Waals surface area contributed by atoms with Crippen LogP contribution in [0.1, 0.15) is 37.8 Å². The van der Waals surface area contributed by atoms with E-state index < -0.39 is 0 Å². The van der Waals surface area contributed by atoms with Crippen LogP contribution in [0.25, 0.3) is 0 Å². The van der Waals surface area contributed by atoms with Crippen molar-refractivity contribution in [2.24, 2.45) is 11.8 Å². The molecule has 2 atom stereocenters. The van der Waals surface area contributed by atoms with Crippen molar-refractivity contribution in [3.8, 4) is 5.75 Å². The molecular formula is C29H38N4O3. The van der Waals surface area contributed by atoms with Crippen molar-refractivity contribution in [2.75, 3.05) is 39.3 Å². The van der Waals surface area contributed by atoms with Gasteiger partial charge < -0.3 is 14.5 Å². The molecule has 0 spiro atoms. The maximum Gasteiger partial charge on any atom is 0.236 e. The molecule has 3 heterocycles. The molecule has 2 aliphatic rings. The van der Waals surface area contributed by atoms with Crippen LogP contribution in [0.5, 0.6) is 5.75 Å². The molecule has 1 saturated heterocycles. The van der Waals surface area contributed by atoms with Gasteiger partial charge in [0.25, 0.3) is 0 Å². The first-order chi connectivity index (χ1) is 17.6. The maximum absolute atomic E-state index is 13.5. The van der Waals surface area contributed by atoms with Crippen molar-refractivity contribution in [3.63, 3.8) is 0 Å². The Bertz CT molecular complexity index is 1040. The minimum Gasteiger partial charge on any atom is -0.489 e. The summed E-state index contributed by atoms with van der Waals surface area (Å²) in [7, 11) is 0. The second-order valence-corrected chi connectivity index (χ2v) is 9.67. The van der Waals surface area contributed by atoms with Crippen LogP contribution in [-0.4, -0.2) is 70.8 Å². The highest BCUT2D eigenvalue weighted by atomic mass is 16.5. The highest BCUT2D eigenvalue weighted by Crippen LogP contribution is 2.29. The lowest BCUT2D eigenvalue weighted by molar-refractivity contribution is -0.136. The molecule has 36 heavy (non-hydrogen) atoms. The van der Waals surface area contributed by atoms with Crippen LogP contribution in [0.4, 0.5) is 0 Å². The van der Waals surface area contributed by atoms with Crippen molar-refractivity contribution in [3.05, 3.63) is 72.1 Å². The summed E-state index contributed by atoms with van der Waals surface area (Å²) >= 11 is 0. The Balaban J connectivity index is 1.56. The smallest absolute Gasteiger partial charge is 0.236 e. The van der Waals surface area contributed by atoms with E-state index in [0.717, 1.165) is 36.4 Å². The van der Waals surface area contributed by atoms with Gasteiger partial charge in [-0.25, -0.2) is 0 Å². The van der Waals surface area contributed by atoms with E-state index in [1.165, 1.54) is 0 Å². The zero-order valence-electron chi connectivity index (χ0n) is 21.5. The summed E-state index contributed by atoms with van der Waals surface area (Å²) in [5.41, 5.74) is 2.18. The van der Waals surface area contributed by atoms with Crippen molar-refractivity contribution in [1.29, 1.82) is 0 Å². The Morgan fingerprint density at radius 2 is 1.89 bits per heavy atom. The van der Waals surface area contributed by atoms with Crippen molar-refractivity contribution >= 4 is 11.8 Å². The molecule has 192 valence electrons. The van der Waals surface area contributed by atoms with E-state index >= 15 is 0 Å². The summed E-state index contributed by atoms with van der Waals surface area (Å²) < 4.78 is 6.16. The quantitative estimate of drug-likeness (QED) is 0.577. The largest absolute Gasteiger partial charge is 0.489 e. The number of aromatic nitrogens is 1. The van der Waals surface area contributed by atoms with Gasteiger partial charge >= 0.3 is 0 Å². The number of hydrogen-bond acceptors (Lipinski definition) is 5. The average Bonchev–Trinajstić information content (AvgIpc) is 2.89. The van der Waals surface area contributed by atoms with Crippen molar-refractivity contribution in [2.45, 2.75) is 39.8 Å². The van der Waals surface area contributed by atoms with Gasteiger partial charge in [0.1, 0.15) is 12.4 Å². The monoisotopic (exact) mass is 490 g/mol. The Morgan fingerprint density at radius 1 is 1.11 bits per heavy atom. The SMILES string of the molecule is CCN(CC)C(=O)C[C@@H]1CCN2C[C@@H]1/C=C\COc1ccccc1CN(Cc1ccncc1)CC2=O. The number of carbonyl (C=O) groups is 2.